The molecule has 0 N–H and O–H groups in total. The second-order valence-electron chi connectivity index (χ2n) is 9.11. The van der Waals surface area contributed by atoms with E-state index in [1.54, 1.807) is 0 Å². The van der Waals surface area contributed by atoms with E-state index in [1.807, 2.05) is 11.3 Å². The fourth-order valence-electron chi connectivity index (χ4n) is 2.52. The molecule has 0 fully saturated rings. The van der Waals surface area contributed by atoms with Crippen LogP contribution >= 0.6 is 11.3 Å². The topological polar surface area (TPSA) is 12.9 Å². The Balaban J connectivity index is 2.86. The summed E-state index contributed by atoms with van der Waals surface area (Å²) in [4.78, 5) is 5.04. The van der Waals surface area contributed by atoms with E-state index in [1.165, 1.54) is 26.4 Å². The minimum absolute atomic E-state index is 0.105. The molecule has 1 aromatic heterocycles. The van der Waals surface area contributed by atoms with Crippen molar-refractivity contribution in [1.29, 1.82) is 0 Å². The van der Waals surface area contributed by atoms with E-state index in [9.17, 15) is 0 Å². The Bertz CT molecular complexity index is 607. The second-order valence-corrected chi connectivity index (χ2v) is 10.1. The highest BCUT2D eigenvalue weighted by Gasteiger charge is 2.27. The largest absolute Gasteiger partial charge is 0.240 e. The Morgan fingerprint density at radius 2 is 1.19 bits per heavy atom. The Hall–Kier alpha value is -0.890. The molecule has 0 radical (unpaired) electrons. The molecule has 2 aromatic rings. The van der Waals surface area contributed by atoms with E-state index in [2.05, 4.69) is 74.4 Å². The van der Waals surface area contributed by atoms with Gasteiger partial charge in [-0.3, -0.25) is 0 Å². The molecule has 0 saturated carbocycles. The van der Waals surface area contributed by atoms with Crippen LogP contribution in [0.2, 0.25) is 0 Å². The zero-order valence-electron chi connectivity index (χ0n) is 15.0. The van der Waals surface area contributed by atoms with Crippen molar-refractivity contribution in [2.24, 2.45) is 0 Å². The van der Waals surface area contributed by atoms with Crippen LogP contribution < -0.4 is 0 Å². The molecule has 1 aromatic carbocycles. The molecule has 0 atom stereocenters. The molecule has 2 rings (SSSR count). The van der Waals surface area contributed by atoms with Crippen molar-refractivity contribution in [1.82, 2.24) is 4.98 Å². The van der Waals surface area contributed by atoms with Crippen molar-refractivity contribution in [3.05, 3.63) is 28.3 Å². The first-order chi connectivity index (χ1) is 9.32. The van der Waals surface area contributed by atoms with Crippen molar-refractivity contribution in [2.75, 3.05) is 0 Å². The van der Waals surface area contributed by atoms with Crippen LogP contribution in [0, 0.1) is 0 Å². The van der Waals surface area contributed by atoms with Crippen LogP contribution in [0.5, 0.6) is 0 Å². The van der Waals surface area contributed by atoms with E-state index >= 15 is 0 Å². The SMILES string of the molecule is CC(C)(C)c1nc2c(C(C)(C)C)ccc(C(C)(C)C)c2s1. The molecular weight excluding hydrogens is 274 g/mol. The molecule has 0 amide bonds. The lowest BCUT2D eigenvalue weighted by molar-refractivity contribution is 0.579. The average molecular weight is 304 g/mol. The van der Waals surface area contributed by atoms with Gasteiger partial charge in [0.1, 0.15) is 0 Å². The predicted octanol–water partition coefficient (Wildman–Crippen LogP) is 6.19. The van der Waals surface area contributed by atoms with Crippen LogP contribution in [-0.4, -0.2) is 4.98 Å². The van der Waals surface area contributed by atoms with Crippen LogP contribution in [0.1, 0.15) is 78.4 Å². The maximum atomic E-state index is 5.04. The molecule has 0 aliphatic heterocycles. The molecule has 0 spiro atoms. The van der Waals surface area contributed by atoms with Gasteiger partial charge in [0.05, 0.1) is 15.2 Å². The highest BCUT2D eigenvalue weighted by molar-refractivity contribution is 7.19. The summed E-state index contributed by atoms with van der Waals surface area (Å²) in [6.45, 7) is 20.4. The molecule has 0 saturated heterocycles. The summed E-state index contributed by atoms with van der Waals surface area (Å²) < 4.78 is 1.37. The number of benzene rings is 1. The maximum absolute atomic E-state index is 5.04. The van der Waals surface area contributed by atoms with Crippen LogP contribution in [0.15, 0.2) is 12.1 Å². The summed E-state index contributed by atoms with van der Waals surface area (Å²) in [5.41, 5.74) is 4.36. The molecule has 0 aliphatic rings. The fourth-order valence-corrected chi connectivity index (χ4v) is 3.90. The minimum atomic E-state index is 0.105. The molecule has 2 heteroatoms. The van der Waals surface area contributed by atoms with Gasteiger partial charge in [0.25, 0.3) is 0 Å². The molecule has 0 bridgehead atoms. The Labute approximate surface area is 133 Å². The van der Waals surface area contributed by atoms with Crippen LogP contribution in [-0.2, 0) is 16.2 Å². The lowest BCUT2D eigenvalue weighted by atomic mass is 9.81. The minimum Gasteiger partial charge on any atom is -0.240 e. The monoisotopic (exact) mass is 303 g/mol. The Kier molecular flexibility index (Phi) is 3.77. The van der Waals surface area contributed by atoms with Gasteiger partial charge in [-0.1, -0.05) is 74.4 Å². The van der Waals surface area contributed by atoms with Crippen molar-refractivity contribution in [3.63, 3.8) is 0 Å². The summed E-state index contributed by atoms with van der Waals surface area (Å²) in [6.07, 6.45) is 0. The van der Waals surface area contributed by atoms with Gasteiger partial charge < -0.3 is 0 Å². The van der Waals surface area contributed by atoms with Crippen molar-refractivity contribution in [2.45, 2.75) is 78.6 Å². The van der Waals surface area contributed by atoms with Gasteiger partial charge in [0, 0.05) is 5.41 Å². The van der Waals surface area contributed by atoms with Crippen LogP contribution in [0.4, 0.5) is 0 Å². The molecule has 0 unspecified atom stereocenters. The van der Waals surface area contributed by atoms with E-state index in [-0.39, 0.29) is 16.2 Å². The number of fused-ring (bicyclic) bond motifs is 1. The highest BCUT2D eigenvalue weighted by Crippen LogP contribution is 2.41. The van der Waals surface area contributed by atoms with Gasteiger partial charge in [0.15, 0.2) is 0 Å². The molecule has 21 heavy (non-hydrogen) atoms. The van der Waals surface area contributed by atoms with Gasteiger partial charge in [-0.2, -0.15) is 0 Å². The number of hydrogen-bond donors (Lipinski definition) is 0. The van der Waals surface area contributed by atoms with Gasteiger partial charge in [0.2, 0.25) is 0 Å². The smallest absolute Gasteiger partial charge is 0.0992 e. The zero-order chi connectivity index (χ0) is 16.2. The van der Waals surface area contributed by atoms with Crippen molar-refractivity contribution in [3.8, 4) is 0 Å². The van der Waals surface area contributed by atoms with Crippen molar-refractivity contribution < 1.29 is 0 Å². The third-order valence-corrected chi connectivity index (χ3v) is 5.32. The first-order valence-electron chi connectivity index (χ1n) is 7.77. The van der Waals surface area contributed by atoms with Gasteiger partial charge in [-0.15, -0.1) is 11.3 Å². The third kappa shape index (κ3) is 3.15. The van der Waals surface area contributed by atoms with E-state index in [4.69, 9.17) is 4.98 Å². The fraction of sp³-hybridized carbons (Fsp3) is 0.632. The quantitative estimate of drug-likeness (QED) is 0.565. The zero-order valence-corrected chi connectivity index (χ0v) is 15.8. The number of aromatic nitrogens is 1. The first kappa shape index (κ1) is 16.5. The second kappa shape index (κ2) is 4.81. The summed E-state index contributed by atoms with van der Waals surface area (Å²) in [7, 11) is 0. The Morgan fingerprint density at radius 1 is 0.714 bits per heavy atom. The Morgan fingerprint density at radius 3 is 1.62 bits per heavy atom. The molecule has 116 valence electrons. The van der Waals surface area contributed by atoms with Crippen LogP contribution in [0.3, 0.4) is 0 Å². The van der Waals surface area contributed by atoms with E-state index < -0.39 is 0 Å². The van der Waals surface area contributed by atoms with Gasteiger partial charge in [-0.25, -0.2) is 4.98 Å². The summed E-state index contributed by atoms with van der Waals surface area (Å²) in [5.74, 6) is 0. The average Bonchev–Trinajstić information content (AvgIpc) is 2.68. The first-order valence-corrected chi connectivity index (χ1v) is 8.58. The molecule has 1 heterocycles. The lowest BCUT2D eigenvalue weighted by Gasteiger charge is -2.24. The maximum Gasteiger partial charge on any atom is 0.0992 e. The summed E-state index contributed by atoms with van der Waals surface area (Å²) in [5, 5.41) is 1.24. The number of nitrogens with zero attached hydrogens (tertiary/aromatic N) is 1. The normalized spacial score (nSPS) is 14.0. The number of hydrogen-bond acceptors (Lipinski definition) is 2. The van der Waals surface area contributed by atoms with Gasteiger partial charge in [-0.05, 0) is 22.0 Å². The van der Waals surface area contributed by atoms with Crippen LogP contribution in [0.25, 0.3) is 10.2 Å². The molecule has 0 aliphatic carbocycles. The summed E-state index contributed by atoms with van der Waals surface area (Å²) >= 11 is 1.88. The predicted molar refractivity (Wildman–Crippen MR) is 95.7 cm³/mol. The molecular formula is C19H29NS. The number of thiazole rings is 1. The van der Waals surface area contributed by atoms with E-state index in [0.29, 0.717) is 0 Å². The standard InChI is InChI=1S/C19H29NS/c1-17(2,3)12-10-11-13(18(4,5)6)15-14(12)20-16(21-15)19(7,8)9/h10-11H,1-9H3. The molecule has 1 nitrogen and oxygen atoms in total. The third-order valence-electron chi connectivity index (χ3n) is 3.80. The van der Waals surface area contributed by atoms with Crippen molar-refractivity contribution >= 4 is 21.6 Å². The van der Waals surface area contributed by atoms with E-state index in [0.717, 1.165) is 0 Å². The van der Waals surface area contributed by atoms with Gasteiger partial charge >= 0.3 is 0 Å². The lowest BCUT2D eigenvalue weighted by Crippen LogP contribution is -2.15. The summed E-state index contributed by atoms with van der Waals surface area (Å²) in [6, 6.07) is 4.60. The number of rotatable bonds is 0. The highest BCUT2D eigenvalue weighted by atomic mass is 32.1.